The zero-order chi connectivity index (χ0) is 14.1. The van der Waals surface area contributed by atoms with Gasteiger partial charge in [-0.15, -0.1) is 0 Å². The van der Waals surface area contributed by atoms with E-state index >= 15 is 0 Å². The molecule has 1 amide bonds. The molecule has 0 N–H and O–H groups in total. The summed E-state index contributed by atoms with van der Waals surface area (Å²) < 4.78 is 14.1. The number of halogens is 2. The summed E-state index contributed by atoms with van der Waals surface area (Å²) in [6, 6.07) is 4.94. The second-order valence-corrected chi connectivity index (χ2v) is 6.82. The number of hydrogen-bond donors (Lipinski definition) is 0. The molecule has 1 heterocycles. The van der Waals surface area contributed by atoms with Crippen molar-refractivity contribution in [3.05, 3.63) is 28.5 Å². The molecule has 4 heteroatoms. The lowest BCUT2D eigenvalue weighted by Crippen LogP contribution is -2.26. The van der Waals surface area contributed by atoms with Crippen molar-refractivity contribution in [1.82, 2.24) is 0 Å². The SMILES string of the molecule is O=C1CC(C2CCCCC2)CN1c1ccc(Br)c(F)c1. The summed E-state index contributed by atoms with van der Waals surface area (Å²) in [6.07, 6.45) is 7.05. The minimum Gasteiger partial charge on any atom is -0.312 e. The number of rotatable bonds is 2. The highest BCUT2D eigenvalue weighted by Crippen LogP contribution is 2.37. The zero-order valence-corrected chi connectivity index (χ0v) is 13.0. The highest BCUT2D eigenvalue weighted by Gasteiger charge is 2.35. The molecule has 1 atom stereocenters. The van der Waals surface area contributed by atoms with Crippen molar-refractivity contribution in [3.63, 3.8) is 0 Å². The second-order valence-electron chi connectivity index (χ2n) is 5.97. The largest absolute Gasteiger partial charge is 0.312 e. The van der Waals surface area contributed by atoms with Crippen LogP contribution in [-0.2, 0) is 4.79 Å². The van der Waals surface area contributed by atoms with Gasteiger partial charge in [0.2, 0.25) is 5.91 Å². The van der Waals surface area contributed by atoms with Gasteiger partial charge in [-0.25, -0.2) is 4.39 Å². The fourth-order valence-electron chi connectivity index (χ4n) is 3.56. The molecule has 1 aliphatic heterocycles. The summed E-state index contributed by atoms with van der Waals surface area (Å²) in [6.45, 7) is 0.755. The molecule has 1 saturated heterocycles. The van der Waals surface area contributed by atoms with E-state index in [2.05, 4.69) is 15.9 Å². The van der Waals surface area contributed by atoms with Crippen LogP contribution in [0.5, 0.6) is 0 Å². The molecule has 2 fully saturated rings. The van der Waals surface area contributed by atoms with Crippen LogP contribution in [0.2, 0.25) is 0 Å². The topological polar surface area (TPSA) is 20.3 Å². The maximum atomic E-state index is 13.6. The predicted octanol–water partition coefficient (Wildman–Crippen LogP) is 4.52. The normalized spacial score (nSPS) is 24.4. The van der Waals surface area contributed by atoms with Gasteiger partial charge in [0.05, 0.1) is 4.47 Å². The standard InChI is InChI=1S/C16H19BrFNO/c17-14-7-6-13(9-15(14)18)19-10-12(8-16(19)20)11-4-2-1-3-5-11/h6-7,9,11-12H,1-5,8,10H2. The van der Waals surface area contributed by atoms with Crippen LogP contribution in [0.1, 0.15) is 38.5 Å². The molecule has 1 aromatic carbocycles. The van der Waals surface area contributed by atoms with Crippen molar-refractivity contribution in [2.24, 2.45) is 11.8 Å². The van der Waals surface area contributed by atoms with Crippen LogP contribution < -0.4 is 4.90 Å². The first-order valence-electron chi connectivity index (χ1n) is 7.40. The molecule has 1 saturated carbocycles. The van der Waals surface area contributed by atoms with Crippen molar-refractivity contribution < 1.29 is 9.18 Å². The van der Waals surface area contributed by atoms with Gasteiger partial charge in [-0.05, 0) is 46.0 Å². The maximum absolute atomic E-state index is 13.6. The summed E-state index contributed by atoms with van der Waals surface area (Å²) in [5.74, 6) is 0.964. The summed E-state index contributed by atoms with van der Waals surface area (Å²) in [4.78, 5) is 14.0. The van der Waals surface area contributed by atoms with Gasteiger partial charge in [-0.2, -0.15) is 0 Å². The van der Waals surface area contributed by atoms with Gasteiger partial charge >= 0.3 is 0 Å². The summed E-state index contributed by atoms with van der Waals surface area (Å²) in [5, 5.41) is 0. The molecule has 20 heavy (non-hydrogen) atoms. The second kappa shape index (κ2) is 5.84. The summed E-state index contributed by atoms with van der Waals surface area (Å²) in [7, 11) is 0. The van der Waals surface area contributed by atoms with E-state index in [0.717, 1.165) is 6.54 Å². The first-order chi connectivity index (χ1) is 9.65. The third kappa shape index (κ3) is 2.76. The maximum Gasteiger partial charge on any atom is 0.227 e. The quantitative estimate of drug-likeness (QED) is 0.775. The Bertz CT molecular complexity index is 513. The highest BCUT2D eigenvalue weighted by molar-refractivity contribution is 9.10. The van der Waals surface area contributed by atoms with Gasteiger partial charge in [0, 0.05) is 18.7 Å². The van der Waals surface area contributed by atoms with Gasteiger partial charge in [-0.1, -0.05) is 32.1 Å². The van der Waals surface area contributed by atoms with Gasteiger partial charge in [0.15, 0.2) is 0 Å². The average molecular weight is 340 g/mol. The molecule has 0 bridgehead atoms. The van der Waals surface area contributed by atoms with Gasteiger partial charge in [-0.3, -0.25) is 4.79 Å². The van der Waals surface area contributed by atoms with Crippen molar-refractivity contribution >= 4 is 27.5 Å². The molecular formula is C16H19BrFNO. The van der Waals surface area contributed by atoms with Gasteiger partial charge in [0.25, 0.3) is 0 Å². The fourth-order valence-corrected chi connectivity index (χ4v) is 3.81. The molecule has 108 valence electrons. The Kier molecular flexibility index (Phi) is 4.11. The van der Waals surface area contributed by atoms with Crippen molar-refractivity contribution in [2.75, 3.05) is 11.4 Å². The van der Waals surface area contributed by atoms with E-state index in [-0.39, 0.29) is 11.7 Å². The molecule has 3 rings (SSSR count). The molecule has 2 aliphatic rings. The molecule has 0 spiro atoms. The van der Waals surface area contributed by atoms with Crippen LogP contribution in [0.25, 0.3) is 0 Å². The first-order valence-corrected chi connectivity index (χ1v) is 8.20. The van der Waals surface area contributed by atoms with Crippen LogP contribution in [0, 0.1) is 17.7 Å². The third-order valence-corrected chi connectivity index (χ3v) is 5.33. The lowest BCUT2D eigenvalue weighted by molar-refractivity contribution is -0.117. The Morgan fingerprint density at radius 3 is 2.60 bits per heavy atom. The van der Waals surface area contributed by atoms with Crippen LogP contribution in [-0.4, -0.2) is 12.5 Å². The van der Waals surface area contributed by atoms with Crippen LogP contribution in [0.4, 0.5) is 10.1 Å². The molecule has 1 aromatic rings. The molecule has 1 unspecified atom stereocenters. The van der Waals surface area contributed by atoms with E-state index in [1.807, 2.05) is 6.07 Å². The Labute approximate surface area is 127 Å². The molecule has 2 nitrogen and oxygen atoms in total. The molecule has 1 aliphatic carbocycles. The molecule has 0 aromatic heterocycles. The number of amides is 1. The third-order valence-electron chi connectivity index (χ3n) is 4.69. The molecular weight excluding hydrogens is 321 g/mol. The average Bonchev–Trinajstić information content (AvgIpc) is 2.85. The zero-order valence-electron chi connectivity index (χ0n) is 11.4. The lowest BCUT2D eigenvalue weighted by Gasteiger charge is -2.27. The van der Waals surface area contributed by atoms with Crippen LogP contribution in [0.3, 0.4) is 0 Å². The minimum absolute atomic E-state index is 0.141. The van der Waals surface area contributed by atoms with E-state index in [1.54, 1.807) is 11.0 Å². The number of benzene rings is 1. The van der Waals surface area contributed by atoms with E-state index < -0.39 is 0 Å². The Morgan fingerprint density at radius 1 is 1.15 bits per heavy atom. The number of hydrogen-bond acceptors (Lipinski definition) is 1. The van der Waals surface area contributed by atoms with Gasteiger partial charge in [0.1, 0.15) is 5.82 Å². The first kappa shape index (κ1) is 14.1. The van der Waals surface area contributed by atoms with Crippen LogP contribution >= 0.6 is 15.9 Å². The highest BCUT2D eigenvalue weighted by atomic mass is 79.9. The van der Waals surface area contributed by atoms with E-state index in [0.29, 0.717) is 28.4 Å². The van der Waals surface area contributed by atoms with Crippen molar-refractivity contribution in [2.45, 2.75) is 38.5 Å². The lowest BCUT2D eigenvalue weighted by atomic mass is 9.79. The Morgan fingerprint density at radius 2 is 1.90 bits per heavy atom. The Hall–Kier alpha value is -0.900. The monoisotopic (exact) mass is 339 g/mol. The van der Waals surface area contributed by atoms with Crippen molar-refractivity contribution in [3.8, 4) is 0 Å². The number of nitrogens with zero attached hydrogens (tertiary/aromatic N) is 1. The number of carbonyl (C=O) groups is 1. The summed E-state index contributed by atoms with van der Waals surface area (Å²) >= 11 is 3.15. The Balaban J connectivity index is 1.74. The van der Waals surface area contributed by atoms with Gasteiger partial charge < -0.3 is 4.90 Å². The van der Waals surface area contributed by atoms with E-state index in [9.17, 15) is 9.18 Å². The van der Waals surface area contributed by atoms with Crippen LogP contribution in [0.15, 0.2) is 22.7 Å². The molecule has 0 radical (unpaired) electrons. The number of anilines is 1. The van der Waals surface area contributed by atoms with E-state index in [4.69, 9.17) is 0 Å². The van der Waals surface area contributed by atoms with Crippen molar-refractivity contribution in [1.29, 1.82) is 0 Å². The summed E-state index contributed by atoms with van der Waals surface area (Å²) in [5.41, 5.74) is 0.689. The minimum atomic E-state index is -0.309. The fraction of sp³-hybridized carbons (Fsp3) is 0.562. The number of carbonyl (C=O) groups excluding carboxylic acids is 1. The smallest absolute Gasteiger partial charge is 0.227 e. The van der Waals surface area contributed by atoms with E-state index in [1.165, 1.54) is 38.2 Å². The predicted molar refractivity (Wildman–Crippen MR) is 81.1 cm³/mol.